The van der Waals surface area contributed by atoms with E-state index in [2.05, 4.69) is 29.0 Å². The Morgan fingerprint density at radius 3 is 2.62 bits per heavy atom. The average Bonchev–Trinajstić information content (AvgIpc) is 3.31. The number of anilines is 1. The lowest BCUT2D eigenvalue weighted by atomic mass is 9.97. The van der Waals surface area contributed by atoms with Crippen molar-refractivity contribution in [2.45, 2.75) is 50.7 Å². The highest BCUT2D eigenvalue weighted by Crippen LogP contribution is 2.43. The molecule has 0 spiro atoms. The molecule has 0 saturated carbocycles. The van der Waals surface area contributed by atoms with Crippen molar-refractivity contribution in [3.8, 4) is 0 Å². The topological polar surface area (TPSA) is 92.3 Å². The number of hydrogen-bond donors (Lipinski definition) is 1. The molecular formula is C24H27ClN4O3S2. The smallest absolute Gasteiger partial charge is 0.230 e. The zero-order chi connectivity index (χ0) is 24.5. The van der Waals surface area contributed by atoms with Crippen molar-refractivity contribution in [2.75, 3.05) is 11.6 Å². The highest BCUT2D eigenvalue weighted by molar-refractivity contribution is 7.90. The molecule has 180 valence electrons. The van der Waals surface area contributed by atoms with Crippen LogP contribution < -0.4 is 5.32 Å². The lowest BCUT2D eigenvalue weighted by Gasteiger charge is -2.28. The molecule has 7 nitrogen and oxygen atoms in total. The minimum atomic E-state index is -3.26. The summed E-state index contributed by atoms with van der Waals surface area (Å²) in [6.45, 7) is 5.86. The van der Waals surface area contributed by atoms with Crippen LogP contribution in [0.25, 0.3) is 0 Å². The average molecular weight is 519 g/mol. The highest BCUT2D eigenvalue weighted by Gasteiger charge is 2.37. The third-order valence-electron chi connectivity index (χ3n) is 6.05. The van der Waals surface area contributed by atoms with Crippen LogP contribution in [0.2, 0.25) is 5.02 Å². The maximum absolute atomic E-state index is 12.6. The minimum Gasteiger partial charge on any atom is -0.302 e. The molecule has 0 fully saturated rings. The first-order valence-corrected chi connectivity index (χ1v) is 14.2. The van der Waals surface area contributed by atoms with E-state index < -0.39 is 9.84 Å². The van der Waals surface area contributed by atoms with Crippen LogP contribution in [0.1, 0.15) is 48.1 Å². The Bertz CT molecular complexity index is 1270. The number of thiazole rings is 1. The van der Waals surface area contributed by atoms with E-state index in [0.717, 1.165) is 41.0 Å². The zero-order valence-electron chi connectivity index (χ0n) is 19.3. The predicted octanol–water partition coefficient (Wildman–Crippen LogP) is 4.88. The van der Waals surface area contributed by atoms with Crippen molar-refractivity contribution < 1.29 is 13.2 Å². The van der Waals surface area contributed by atoms with Gasteiger partial charge in [-0.05, 0) is 35.7 Å². The second-order valence-electron chi connectivity index (χ2n) is 8.67. The SMILES string of the molecule is CC[C@H](C)C1c2nc(NC(=O)Cc3ccc(S(C)(=O)=O)cc3)sc2CN1Cc1ccc(Cl)cn1. The quantitative estimate of drug-likeness (QED) is 0.457. The third kappa shape index (κ3) is 5.66. The predicted molar refractivity (Wildman–Crippen MR) is 135 cm³/mol. The molecule has 3 heterocycles. The van der Waals surface area contributed by atoms with Crippen LogP contribution in [0.5, 0.6) is 0 Å². The van der Waals surface area contributed by atoms with Gasteiger partial charge in [0.25, 0.3) is 0 Å². The Balaban J connectivity index is 1.44. The molecule has 4 rings (SSSR count). The molecular weight excluding hydrogens is 492 g/mol. The number of halogens is 1. The summed E-state index contributed by atoms with van der Waals surface area (Å²) >= 11 is 7.49. The maximum atomic E-state index is 12.6. The molecule has 0 bridgehead atoms. The van der Waals surface area contributed by atoms with Gasteiger partial charge in [-0.1, -0.05) is 44.0 Å². The van der Waals surface area contributed by atoms with Gasteiger partial charge in [-0.15, -0.1) is 11.3 Å². The summed E-state index contributed by atoms with van der Waals surface area (Å²) in [5.41, 5.74) is 2.73. The van der Waals surface area contributed by atoms with Crippen molar-refractivity contribution in [3.05, 3.63) is 69.4 Å². The number of nitrogens with one attached hydrogen (secondary N) is 1. The standard InChI is InChI=1S/C24H27ClN4O3S2/c1-4-15(2)23-22-20(14-29(23)13-18-8-7-17(25)12-26-18)33-24(28-22)27-21(30)11-16-5-9-19(10-6-16)34(3,31)32/h5-10,12,15,23H,4,11,13-14H2,1-3H3,(H,27,28,30)/t15-,23?/m0/s1. The van der Waals surface area contributed by atoms with Crippen molar-refractivity contribution in [1.29, 1.82) is 0 Å². The van der Waals surface area contributed by atoms with E-state index in [1.165, 1.54) is 23.5 Å². The van der Waals surface area contributed by atoms with Gasteiger partial charge in [0, 0.05) is 30.4 Å². The van der Waals surface area contributed by atoms with Gasteiger partial charge in [0.1, 0.15) is 0 Å². The van der Waals surface area contributed by atoms with Crippen molar-refractivity contribution >= 4 is 43.8 Å². The molecule has 0 radical (unpaired) electrons. The highest BCUT2D eigenvalue weighted by atomic mass is 35.5. The summed E-state index contributed by atoms with van der Waals surface area (Å²) in [6, 6.07) is 10.3. The molecule has 2 aromatic heterocycles. The van der Waals surface area contributed by atoms with Crippen LogP contribution in [-0.2, 0) is 34.1 Å². The van der Waals surface area contributed by atoms with E-state index in [4.69, 9.17) is 16.6 Å². The van der Waals surface area contributed by atoms with Gasteiger partial charge >= 0.3 is 0 Å². The minimum absolute atomic E-state index is 0.150. The van der Waals surface area contributed by atoms with Gasteiger partial charge in [-0.25, -0.2) is 13.4 Å². The van der Waals surface area contributed by atoms with Crippen LogP contribution >= 0.6 is 22.9 Å². The number of sulfone groups is 1. The summed E-state index contributed by atoms with van der Waals surface area (Å²) in [7, 11) is -3.26. The fourth-order valence-corrected chi connectivity index (χ4v) is 5.92. The van der Waals surface area contributed by atoms with Crippen LogP contribution in [0.15, 0.2) is 47.5 Å². The van der Waals surface area contributed by atoms with Gasteiger partial charge in [-0.3, -0.25) is 14.7 Å². The van der Waals surface area contributed by atoms with E-state index in [9.17, 15) is 13.2 Å². The van der Waals surface area contributed by atoms with E-state index in [1.54, 1.807) is 18.3 Å². The third-order valence-corrected chi connectivity index (χ3v) is 8.37. The Morgan fingerprint density at radius 2 is 2.00 bits per heavy atom. The van der Waals surface area contributed by atoms with E-state index in [0.29, 0.717) is 22.6 Å². The summed E-state index contributed by atoms with van der Waals surface area (Å²) in [5.74, 6) is 0.217. The summed E-state index contributed by atoms with van der Waals surface area (Å²) < 4.78 is 23.2. The first kappa shape index (κ1) is 24.8. The van der Waals surface area contributed by atoms with E-state index in [-0.39, 0.29) is 23.3 Å². The molecule has 1 aliphatic rings. The van der Waals surface area contributed by atoms with Crippen LogP contribution in [0.4, 0.5) is 5.13 Å². The largest absolute Gasteiger partial charge is 0.302 e. The number of aromatic nitrogens is 2. The Morgan fingerprint density at radius 1 is 1.26 bits per heavy atom. The molecule has 1 aliphatic heterocycles. The van der Waals surface area contributed by atoms with Crippen LogP contribution in [-0.4, -0.2) is 35.4 Å². The van der Waals surface area contributed by atoms with Crippen molar-refractivity contribution in [3.63, 3.8) is 0 Å². The fourth-order valence-electron chi connectivity index (χ4n) is 4.14. The number of fused-ring (bicyclic) bond motifs is 1. The molecule has 0 aliphatic carbocycles. The number of carbonyl (C=O) groups is 1. The number of hydrogen-bond acceptors (Lipinski definition) is 7. The lowest BCUT2D eigenvalue weighted by molar-refractivity contribution is -0.115. The van der Waals surface area contributed by atoms with Gasteiger partial charge in [0.2, 0.25) is 5.91 Å². The molecule has 10 heteroatoms. The number of nitrogens with zero attached hydrogens (tertiary/aromatic N) is 3. The first-order chi connectivity index (χ1) is 16.1. The number of benzene rings is 1. The molecule has 0 saturated heterocycles. The molecule has 3 aromatic rings. The monoisotopic (exact) mass is 518 g/mol. The van der Waals surface area contributed by atoms with Gasteiger partial charge in [-0.2, -0.15) is 0 Å². The zero-order valence-corrected chi connectivity index (χ0v) is 21.7. The van der Waals surface area contributed by atoms with Crippen molar-refractivity contribution in [2.24, 2.45) is 5.92 Å². The second-order valence-corrected chi connectivity index (χ2v) is 12.2. The molecule has 1 unspecified atom stereocenters. The normalized spacial score (nSPS) is 16.9. The van der Waals surface area contributed by atoms with Gasteiger partial charge in [0.05, 0.1) is 33.8 Å². The summed E-state index contributed by atoms with van der Waals surface area (Å²) in [5, 5.41) is 4.14. The molecule has 1 aromatic carbocycles. The van der Waals surface area contributed by atoms with Gasteiger partial charge in [0.15, 0.2) is 15.0 Å². The van der Waals surface area contributed by atoms with Crippen LogP contribution in [0.3, 0.4) is 0 Å². The maximum Gasteiger partial charge on any atom is 0.230 e. The number of pyridine rings is 1. The Hall–Kier alpha value is -2.33. The van der Waals surface area contributed by atoms with Gasteiger partial charge < -0.3 is 5.32 Å². The van der Waals surface area contributed by atoms with E-state index in [1.807, 2.05) is 12.1 Å². The lowest BCUT2D eigenvalue weighted by Crippen LogP contribution is -2.27. The Labute approximate surface area is 209 Å². The van der Waals surface area contributed by atoms with Crippen molar-refractivity contribution in [1.82, 2.24) is 14.9 Å². The molecule has 1 amide bonds. The first-order valence-electron chi connectivity index (χ1n) is 11.1. The molecule has 34 heavy (non-hydrogen) atoms. The fraction of sp³-hybridized carbons (Fsp3) is 0.375. The number of carbonyl (C=O) groups excluding carboxylic acids is 1. The summed E-state index contributed by atoms with van der Waals surface area (Å²) in [4.78, 5) is 25.6. The van der Waals surface area contributed by atoms with E-state index >= 15 is 0 Å². The molecule has 2 atom stereocenters. The second kappa shape index (κ2) is 10.1. The Kier molecular flexibility index (Phi) is 7.37. The van der Waals surface area contributed by atoms with Crippen LogP contribution in [0, 0.1) is 5.92 Å². The number of rotatable bonds is 8. The summed E-state index contributed by atoms with van der Waals surface area (Å²) in [6.07, 6.45) is 3.99. The number of amides is 1. The molecule has 1 N–H and O–H groups in total.